The lowest BCUT2D eigenvalue weighted by molar-refractivity contribution is -0.116. The molecule has 4 rings (SSSR count). The topological polar surface area (TPSA) is 119 Å². The van der Waals surface area contributed by atoms with Crippen molar-refractivity contribution < 1.29 is 14.1 Å². The fraction of sp³-hybridized carbons (Fsp3) is 0.208. The van der Waals surface area contributed by atoms with Crippen molar-refractivity contribution >= 4 is 34.3 Å². The number of aryl methyl sites for hydroxylation is 2. The summed E-state index contributed by atoms with van der Waals surface area (Å²) >= 11 is 0. The van der Waals surface area contributed by atoms with E-state index in [-0.39, 0.29) is 30.4 Å². The van der Waals surface area contributed by atoms with Crippen LogP contribution in [0.2, 0.25) is 0 Å². The van der Waals surface area contributed by atoms with Gasteiger partial charge < -0.3 is 15.2 Å². The van der Waals surface area contributed by atoms with Crippen LogP contribution in [0, 0.1) is 0 Å². The van der Waals surface area contributed by atoms with Gasteiger partial charge in [-0.2, -0.15) is 0 Å². The number of nitrogens with zero attached hydrogens (tertiary/aromatic N) is 3. The number of hydrogen-bond acceptors (Lipinski definition) is 6. The van der Waals surface area contributed by atoms with Gasteiger partial charge in [-0.05, 0) is 36.2 Å². The average Bonchev–Trinajstić information content (AvgIpc) is 3.25. The van der Waals surface area contributed by atoms with Gasteiger partial charge in [0.05, 0.1) is 6.33 Å². The minimum Gasteiger partial charge on any atom is -0.348 e. The van der Waals surface area contributed by atoms with Crippen molar-refractivity contribution in [2.24, 2.45) is 0 Å². The number of aromatic nitrogens is 3. The second kappa shape index (κ2) is 9.47. The highest BCUT2D eigenvalue weighted by Crippen LogP contribution is 2.25. The molecule has 0 aliphatic carbocycles. The fourth-order valence-electron chi connectivity index (χ4n) is 3.39. The first kappa shape index (κ1) is 21.9. The van der Waals surface area contributed by atoms with Crippen molar-refractivity contribution in [1.82, 2.24) is 14.7 Å². The summed E-state index contributed by atoms with van der Waals surface area (Å²) in [6.45, 7) is 3.64. The zero-order chi connectivity index (χ0) is 23.4. The number of hydrogen-bond donors (Lipinski definition) is 2. The number of nitrogens with one attached hydrogen (secondary N) is 2. The molecule has 0 atom stereocenters. The summed E-state index contributed by atoms with van der Waals surface area (Å²) in [6.07, 6.45) is 2.40. The molecule has 33 heavy (non-hydrogen) atoms. The van der Waals surface area contributed by atoms with E-state index in [2.05, 4.69) is 27.7 Å². The molecule has 0 unspecified atom stereocenters. The fourth-order valence-corrected chi connectivity index (χ4v) is 3.39. The Morgan fingerprint density at radius 3 is 2.30 bits per heavy atom. The first-order valence-corrected chi connectivity index (χ1v) is 10.6. The Kier molecular flexibility index (Phi) is 6.30. The molecule has 0 fully saturated rings. The largest absolute Gasteiger partial charge is 0.348 e. The summed E-state index contributed by atoms with van der Waals surface area (Å²) in [6, 6.07) is 14.6. The van der Waals surface area contributed by atoms with Gasteiger partial charge in [0, 0.05) is 36.8 Å². The third kappa shape index (κ3) is 4.98. The molecule has 0 bridgehead atoms. The molecule has 168 valence electrons. The van der Waals surface area contributed by atoms with Crippen molar-refractivity contribution in [3.63, 3.8) is 0 Å². The van der Waals surface area contributed by atoms with Gasteiger partial charge in [0.25, 0.3) is 11.1 Å². The number of fused-ring (bicyclic) bond motifs is 1. The lowest BCUT2D eigenvalue weighted by Crippen LogP contribution is -2.23. The predicted octanol–water partition coefficient (Wildman–Crippen LogP) is 3.60. The van der Waals surface area contributed by atoms with E-state index in [4.69, 9.17) is 4.52 Å². The van der Waals surface area contributed by atoms with Gasteiger partial charge in [0.1, 0.15) is 11.2 Å². The summed E-state index contributed by atoms with van der Waals surface area (Å²) in [5, 5.41) is 9.46. The molecule has 4 aromatic rings. The van der Waals surface area contributed by atoms with E-state index < -0.39 is 5.56 Å². The highest BCUT2D eigenvalue weighted by atomic mass is 16.5. The van der Waals surface area contributed by atoms with Crippen LogP contribution in [0.4, 0.5) is 11.4 Å². The normalized spacial score (nSPS) is 10.8. The van der Waals surface area contributed by atoms with E-state index in [0.717, 1.165) is 12.0 Å². The summed E-state index contributed by atoms with van der Waals surface area (Å²) in [7, 11) is 0. The number of benzene rings is 2. The molecule has 2 heterocycles. The molecule has 0 radical (unpaired) electrons. The first-order valence-electron chi connectivity index (χ1n) is 10.6. The molecule has 0 saturated heterocycles. The molecule has 0 saturated carbocycles. The summed E-state index contributed by atoms with van der Waals surface area (Å²) in [5.74, 6) is -0.431. The average molecular weight is 445 g/mol. The number of carbonyl (C=O) groups is 2. The zero-order valence-electron chi connectivity index (χ0n) is 18.3. The van der Waals surface area contributed by atoms with Gasteiger partial charge in [-0.1, -0.05) is 36.3 Å². The van der Waals surface area contributed by atoms with Crippen molar-refractivity contribution in [3.05, 3.63) is 70.8 Å². The third-order valence-electron chi connectivity index (χ3n) is 5.15. The second-order valence-electron chi connectivity index (χ2n) is 7.56. The van der Waals surface area contributed by atoms with Crippen LogP contribution in [0.5, 0.6) is 0 Å². The Hall–Kier alpha value is -4.27. The van der Waals surface area contributed by atoms with E-state index >= 15 is 0 Å². The Labute approximate surface area is 189 Å². The first-order chi connectivity index (χ1) is 15.9. The van der Waals surface area contributed by atoms with E-state index in [9.17, 15) is 14.4 Å². The number of carbonyl (C=O) groups excluding carboxylic acids is 2. The molecule has 0 aliphatic rings. The SMILES string of the molecule is CCc1ccc(-c2noc3c(=O)n(CCC(=O)Nc4ccc(NC(C)=O)cc4)cnc23)cc1. The molecule has 0 aliphatic heterocycles. The molecule has 2 amide bonds. The molecule has 9 heteroatoms. The van der Waals surface area contributed by atoms with Crippen LogP contribution in [0.15, 0.2) is 64.2 Å². The lowest BCUT2D eigenvalue weighted by atomic mass is 10.1. The van der Waals surface area contributed by atoms with Gasteiger partial charge in [0.2, 0.25) is 11.8 Å². The number of amides is 2. The van der Waals surface area contributed by atoms with Crippen LogP contribution < -0.4 is 16.2 Å². The number of anilines is 2. The van der Waals surface area contributed by atoms with Gasteiger partial charge in [-0.15, -0.1) is 0 Å². The summed E-state index contributed by atoms with van der Waals surface area (Å²) < 4.78 is 6.63. The van der Waals surface area contributed by atoms with Crippen LogP contribution in [0.1, 0.15) is 25.8 Å². The minimum atomic E-state index is -0.392. The molecular formula is C24H23N5O4. The molecule has 2 aromatic carbocycles. The van der Waals surface area contributed by atoms with Gasteiger partial charge in [-0.25, -0.2) is 4.98 Å². The predicted molar refractivity (Wildman–Crippen MR) is 125 cm³/mol. The minimum absolute atomic E-state index is 0.0565. The van der Waals surface area contributed by atoms with Crippen LogP contribution in [-0.4, -0.2) is 26.5 Å². The van der Waals surface area contributed by atoms with Crippen LogP contribution >= 0.6 is 0 Å². The highest BCUT2D eigenvalue weighted by Gasteiger charge is 2.17. The lowest BCUT2D eigenvalue weighted by Gasteiger charge is -2.08. The molecule has 2 N–H and O–H groups in total. The maximum Gasteiger partial charge on any atom is 0.299 e. The van der Waals surface area contributed by atoms with Gasteiger partial charge in [0.15, 0.2) is 0 Å². The summed E-state index contributed by atoms with van der Waals surface area (Å²) in [5.41, 5.74) is 3.81. The molecule has 2 aromatic heterocycles. The Morgan fingerprint density at radius 2 is 1.67 bits per heavy atom. The molecule has 0 spiro atoms. The Balaban J connectivity index is 1.43. The van der Waals surface area contributed by atoms with Crippen molar-refractivity contribution in [2.45, 2.75) is 33.2 Å². The third-order valence-corrected chi connectivity index (χ3v) is 5.15. The van der Waals surface area contributed by atoms with Crippen molar-refractivity contribution in [2.75, 3.05) is 10.6 Å². The van der Waals surface area contributed by atoms with Gasteiger partial charge in [-0.3, -0.25) is 19.0 Å². The monoisotopic (exact) mass is 445 g/mol. The molecule has 9 nitrogen and oxygen atoms in total. The van der Waals surface area contributed by atoms with Crippen LogP contribution in [0.3, 0.4) is 0 Å². The summed E-state index contributed by atoms with van der Waals surface area (Å²) in [4.78, 5) is 40.5. The van der Waals surface area contributed by atoms with Gasteiger partial charge >= 0.3 is 0 Å². The maximum atomic E-state index is 12.8. The highest BCUT2D eigenvalue weighted by molar-refractivity contribution is 5.92. The van der Waals surface area contributed by atoms with Crippen LogP contribution in [-0.2, 0) is 22.6 Å². The molecular weight excluding hydrogens is 422 g/mol. The maximum absolute atomic E-state index is 12.8. The number of rotatable bonds is 7. The smallest absolute Gasteiger partial charge is 0.299 e. The van der Waals surface area contributed by atoms with E-state index in [1.807, 2.05) is 24.3 Å². The second-order valence-corrected chi connectivity index (χ2v) is 7.56. The van der Waals surface area contributed by atoms with E-state index in [0.29, 0.717) is 22.6 Å². The van der Waals surface area contributed by atoms with Crippen molar-refractivity contribution in [3.8, 4) is 11.3 Å². The quantitative estimate of drug-likeness (QED) is 0.449. The van der Waals surface area contributed by atoms with E-state index in [1.54, 1.807) is 24.3 Å². The standard InChI is InChI=1S/C24H23N5O4/c1-3-16-4-6-17(7-5-16)21-22-23(33-28-21)24(32)29(14-25-22)13-12-20(31)27-19-10-8-18(9-11-19)26-15(2)30/h4-11,14H,3,12-13H2,1-2H3,(H,26,30)(H,27,31). The Bertz CT molecular complexity index is 1350. The van der Waals surface area contributed by atoms with Crippen LogP contribution in [0.25, 0.3) is 22.4 Å². The van der Waals surface area contributed by atoms with E-state index in [1.165, 1.54) is 23.4 Å². The van der Waals surface area contributed by atoms with Crippen molar-refractivity contribution in [1.29, 1.82) is 0 Å². The Morgan fingerprint density at radius 1 is 1.00 bits per heavy atom. The zero-order valence-corrected chi connectivity index (χ0v) is 18.3.